The highest BCUT2D eigenvalue weighted by Gasteiger charge is 2.25. The van der Waals surface area contributed by atoms with Crippen LogP contribution in [0.25, 0.3) is 0 Å². The van der Waals surface area contributed by atoms with Gasteiger partial charge in [0.05, 0.1) is 0 Å². The minimum atomic E-state index is -0.190. The van der Waals surface area contributed by atoms with Gasteiger partial charge < -0.3 is 5.32 Å². The van der Waals surface area contributed by atoms with Crippen LogP contribution in [0.15, 0.2) is 0 Å². The van der Waals surface area contributed by atoms with Gasteiger partial charge in [-0.1, -0.05) is 27.2 Å². The smallest absolute Gasteiger partial charge is 0.225 e. The molecule has 0 heterocycles. The summed E-state index contributed by atoms with van der Waals surface area (Å²) < 4.78 is 0. The summed E-state index contributed by atoms with van der Waals surface area (Å²) in [5.41, 5.74) is -0.190. The van der Waals surface area contributed by atoms with Crippen molar-refractivity contribution in [2.45, 2.75) is 40.5 Å². The second-order valence-corrected chi connectivity index (χ2v) is 3.49. The van der Waals surface area contributed by atoms with Gasteiger partial charge in [-0.15, -0.1) is 0 Å². The summed E-state index contributed by atoms with van der Waals surface area (Å²) in [5.74, 6) is 0.168. The summed E-state index contributed by atoms with van der Waals surface area (Å²) in [5, 5.41) is 2.83. The zero-order chi connectivity index (χ0) is 8.91. The number of carbonyl (C=O) groups is 1. The Bertz CT molecular complexity index is 130. The molecule has 0 rings (SSSR count). The van der Waals surface area contributed by atoms with E-state index in [0.29, 0.717) is 0 Å². The van der Waals surface area contributed by atoms with Gasteiger partial charge in [-0.05, 0) is 13.3 Å². The zero-order valence-corrected chi connectivity index (χ0v) is 8.03. The Labute approximate surface area is 69.4 Å². The van der Waals surface area contributed by atoms with Crippen LogP contribution in [0.3, 0.4) is 0 Å². The molecule has 0 bridgehead atoms. The lowest BCUT2D eigenvalue weighted by atomic mass is 9.87. The van der Waals surface area contributed by atoms with Gasteiger partial charge in [0, 0.05) is 12.0 Å². The molecule has 2 nitrogen and oxygen atoms in total. The maximum Gasteiger partial charge on any atom is 0.225 e. The molecular formula is C9H19NO. The van der Waals surface area contributed by atoms with Crippen molar-refractivity contribution >= 4 is 5.91 Å². The van der Waals surface area contributed by atoms with E-state index in [-0.39, 0.29) is 11.3 Å². The van der Waals surface area contributed by atoms with Gasteiger partial charge >= 0.3 is 0 Å². The third-order valence-corrected chi connectivity index (χ3v) is 1.83. The number of hydrogen-bond donors (Lipinski definition) is 1. The van der Waals surface area contributed by atoms with Crippen LogP contribution in [-0.2, 0) is 4.79 Å². The Morgan fingerprint density at radius 2 is 1.91 bits per heavy atom. The molecule has 0 saturated carbocycles. The lowest BCUT2D eigenvalue weighted by molar-refractivity contribution is -0.129. The van der Waals surface area contributed by atoms with Crippen LogP contribution in [0.2, 0.25) is 0 Å². The second-order valence-electron chi connectivity index (χ2n) is 3.49. The first-order chi connectivity index (χ1) is 5.04. The van der Waals surface area contributed by atoms with Crippen LogP contribution in [0.5, 0.6) is 0 Å². The SMILES string of the molecule is CCCC(C)(C)C(=O)NCC. The molecule has 0 aliphatic carbocycles. The molecule has 0 aliphatic rings. The summed E-state index contributed by atoms with van der Waals surface area (Å²) in [4.78, 5) is 11.3. The zero-order valence-electron chi connectivity index (χ0n) is 8.03. The molecule has 66 valence electrons. The number of amides is 1. The molecule has 0 spiro atoms. The third kappa shape index (κ3) is 3.40. The highest BCUT2D eigenvalue weighted by Crippen LogP contribution is 2.21. The Hall–Kier alpha value is -0.530. The van der Waals surface area contributed by atoms with E-state index in [0.717, 1.165) is 19.4 Å². The van der Waals surface area contributed by atoms with E-state index in [2.05, 4.69) is 12.2 Å². The van der Waals surface area contributed by atoms with Crippen molar-refractivity contribution in [1.29, 1.82) is 0 Å². The van der Waals surface area contributed by atoms with Crippen LogP contribution in [0, 0.1) is 5.41 Å². The molecule has 0 aromatic carbocycles. The third-order valence-electron chi connectivity index (χ3n) is 1.83. The molecule has 1 N–H and O–H groups in total. The second kappa shape index (κ2) is 4.37. The van der Waals surface area contributed by atoms with E-state index in [1.807, 2.05) is 20.8 Å². The van der Waals surface area contributed by atoms with E-state index in [9.17, 15) is 4.79 Å². The first-order valence-electron chi connectivity index (χ1n) is 4.33. The fourth-order valence-corrected chi connectivity index (χ4v) is 1.14. The molecule has 1 amide bonds. The van der Waals surface area contributed by atoms with Crippen LogP contribution in [-0.4, -0.2) is 12.5 Å². The Morgan fingerprint density at radius 1 is 1.36 bits per heavy atom. The molecular weight excluding hydrogens is 138 g/mol. The monoisotopic (exact) mass is 157 g/mol. The highest BCUT2D eigenvalue weighted by atomic mass is 16.2. The maximum atomic E-state index is 11.3. The van der Waals surface area contributed by atoms with Crippen molar-refractivity contribution in [2.75, 3.05) is 6.54 Å². The van der Waals surface area contributed by atoms with Crippen molar-refractivity contribution in [3.8, 4) is 0 Å². The minimum absolute atomic E-state index is 0.168. The Kier molecular flexibility index (Phi) is 4.16. The molecule has 0 unspecified atom stereocenters. The molecule has 2 heteroatoms. The van der Waals surface area contributed by atoms with Crippen molar-refractivity contribution in [3.63, 3.8) is 0 Å². The molecule has 0 aromatic rings. The van der Waals surface area contributed by atoms with Crippen LogP contribution < -0.4 is 5.32 Å². The van der Waals surface area contributed by atoms with Crippen LogP contribution in [0.4, 0.5) is 0 Å². The van der Waals surface area contributed by atoms with Crippen LogP contribution in [0.1, 0.15) is 40.5 Å². The normalized spacial score (nSPS) is 11.3. The van der Waals surface area contributed by atoms with E-state index in [1.54, 1.807) is 0 Å². The number of hydrogen-bond acceptors (Lipinski definition) is 1. The number of rotatable bonds is 4. The van der Waals surface area contributed by atoms with E-state index >= 15 is 0 Å². The van der Waals surface area contributed by atoms with E-state index in [1.165, 1.54) is 0 Å². The minimum Gasteiger partial charge on any atom is -0.356 e. The lowest BCUT2D eigenvalue weighted by Crippen LogP contribution is -2.36. The summed E-state index contributed by atoms with van der Waals surface area (Å²) in [6, 6.07) is 0. The van der Waals surface area contributed by atoms with Gasteiger partial charge in [0.25, 0.3) is 0 Å². The van der Waals surface area contributed by atoms with E-state index in [4.69, 9.17) is 0 Å². The van der Waals surface area contributed by atoms with E-state index < -0.39 is 0 Å². The topological polar surface area (TPSA) is 29.1 Å². The average Bonchev–Trinajstić information content (AvgIpc) is 1.88. The van der Waals surface area contributed by atoms with Crippen molar-refractivity contribution in [1.82, 2.24) is 5.32 Å². The lowest BCUT2D eigenvalue weighted by Gasteiger charge is -2.22. The predicted octanol–water partition coefficient (Wildman–Crippen LogP) is 1.95. The molecule has 0 radical (unpaired) electrons. The van der Waals surface area contributed by atoms with Gasteiger partial charge in [-0.25, -0.2) is 0 Å². The standard InChI is InChI=1S/C9H19NO/c1-5-7-9(3,4)8(11)10-6-2/h5-7H2,1-4H3,(H,10,11). The fraction of sp³-hybridized carbons (Fsp3) is 0.889. The first-order valence-corrected chi connectivity index (χ1v) is 4.33. The quantitative estimate of drug-likeness (QED) is 0.664. The molecule has 0 aliphatic heterocycles. The maximum absolute atomic E-state index is 11.3. The molecule has 0 fully saturated rings. The van der Waals surface area contributed by atoms with Gasteiger partial charge in [-0.2, -0.15) is 0 Å². The Balaban J connectivity index is 3.94. The number of carbonyl (C=O) groups excluding carboxylic acids is 1. The summed E-state index contributed by atoms with van der Waals surface area (Å²) >= 11 is 0. The summed E-state index contributed by atoms with van der Waals surface area (Å²) in [6.45, 7) is 8.75. The summed E-state index contributed by atoms with van der Waals surface area (Å²) in [7, 11) is 0. The predicted molar refractivity (Wildman–Crippen MR) is 47.4 cm³/mol. The van der Waals surface area contributed by atoms with Crippen molar-refractivity contribution in [3.05, 3.63) is 0 Å². The Morgan fingerprint density at radius 3 is 2.27 bits per heavy atom. The van der Waals surface area contributed by atoms with Gasteiger partial charge in [-0.3, -0.25) is 4.79 Å². The largest absolute Gasteiger partial charge is 0.356 e. The van der Waals surface area contributed by atoms with Gasteiger partial charge in [0.1, 0.15) is 0 Å². The van der Waals surface area contributed by atoms with Gasteiger partial charge in [0.2, 0.25) is 5.91 Å². The summed E-state index contributed by atoms with van der Waals surface area (Å²) in [6.07, 6.45) is 2.02. The highest BCUT2D eigenvalue weighted by molar-refractivity contribution is 5.81. The molecule has 0 saturated heterocycles. The van der Waals surface area contributed by atoms with Crippen molar-refractivity contribution in [2.24, 2.45) is 5.41 Å². The number of nitrogens with one attached hydrogen (secondary N) is 1. The fourth-order valence-electron chi connectivity index (χ4n) is 1.14. The molecule has 0 atom stereocenters. The molecule has 11 heavy (non-hydrogen) atoms. The van der Waals surface area contributed by atoms with Crippen molar-refractivity contribution < 1.29 is 4.79 Å². The average molecular weight is 157 g/mol. The molecule has 0 aromatic heterocycles. The first kappa shape index (κ1) is 10.5. The van der Waals surface area contributed by atoms with Crippen LogP contribution >= 0.6 is 0 Å². The van der Waals surface area contributed by atoms with Gasteiger partial charge in [0.15, 0.2) is 0 Å².